The van der Waals surface area contributed by atoms with Gasteiger partial charge in [0.1, 0.15) is 5.75 Å². The standard InChI is InChI=1S/C26H23N3O6/c1-28-22-12-9-19(23(30)27-14-16-5-10-20(35-2)11-6-16)13-21(22)24(31)29(26(28)34)15-17-3-7-18(8-4-17)25(32)33/h3-13H,14-15H2,1-2H3,(H,27,30)(H,32,33). The van der Waals surface area contributed by atoms with E-state index in [1.807, 2.05) is 12.1 Å². The number of carbonyl (C=O) groups is 2. The molecule has 178 valence electrons. The number of methoxy groups -OCH3 is 1. The largest absolute Gasteiger partial charge is 0.497 e. The quantitative estimate of drug-likeness (QED) is 0.425. The lowest BCUT2D eigenvalue weighted by atomic mass is 10.1. The Morgan fingerprint density at radius 3 is 2.17 bits per heavy atom. The number of benzene rings is 3. The van der Waals surface area contributed by atoms with Crippen LogP contribution in [-0.4, -0.2) is 33.2 Å². The zero-order valence-corrected chi connectivity index (χ0v) is 19.1. The fourth-order valence-electron chi connectivity index (χ4n) is 3.76. The molecule has 1 heterocycles. The minimum absolute atomic E-state index is 0.0325. The third-order valence-electron chi connectivity index (χ3n) is 5.77. The molecule has 0 saturated carbocycles. The lowest BCUT2D eigenvalue weighted by molar-refractivity contribution is 0.0696. The van der Waals surface area contributed by atoms with Crippen molar-refractivity contribution < 1.29 is 19.4 Å². The topological polar surface area (TPSA) is 120 Å². The van der Waals surface area contributed by atoms with E-state index in [9.17, 15) is 19.2 Å². The zero-order valence-electron chi connectivity index (χ0n) is 19.1. The van der Waals surface area contributed by atoms with Crippen molar-refractivity contribution in [3.8, 4) is 5.75 Å². The first kappa shape index (κ1) is 23.5. The van der Waals surface area contributed by atoms with E-state index >= 15 is 0 Å². The second-order valence-corrected chi connectivity index (χ2v) is 8.00. The molecule has 0 unspecified atom stereocenters. The highest BCUT2D eigenvalue weighted by Crippen LogP contribution is 2.14. The first-order valence-corrected chi connectivity index (χ1v) is 10.8. The summed E-state index contributed by atoms with van der Waals surface area (Å²) < 4.78 is 7.54. The second kappa shape index (κ2) is 9.68. The van der Waals surface area contributed by atoms with Gasteiger partial charge in [-0.3, -0.25) is 18.7 Å². The van der Waals surface area contributed by atoms with Crippen LogP contribution >= 0.6 is 0 Å². The zero-order chi connectivity index (χ0) is 25.1. The molecule has 0 fully saturated rings. The molecule has 9 nitrogen and oxygen atoms in total. The summed E-state index contributed by atoms with van der Waals surface area (Å²) in [7, 11) is 3.13. The van der Waals surface area contributed by atoms with E-state index in [0.717, 1.165) is 10.1 Å². The van der Waals surface area contributed by atoms with Gasteiger partial charge in [0, 0.05) is 19.2 Å². The van der Waals surface area contributed by atoms with Crippen LogP contribution in [0.15, 0.2) is 76.3 Å². The van der Waals surface area contributed by atoms with Gasteiger partial charge in [0.25, 0.3) is 11.5 Å². The molecule has 9 heteroatoms. The van der Waals surface area contributed by atoms with Gasteiger partial charge in [-0.2, -0.15) is 0 Å². The molecule has 0 atom stereocenters. The number of carboxylic acids is 1. The van der Waals surface area contributed by atoms with Gasteiger partial charge >= 0.3 is 11.7 Å². The number of fused-ring (bicyclic) bond motifs is 1. The molecule has 35 heavy (non-hydrogen) atoms. The Balaban J connectivity index is 1.63. The third kappa shape index (κ3) is 4.84. The molecule has 4 aromatic rings. The first-order valence-electron chi connectivity index (χ1n) is 10.8. The van der Waals surface area contributed by atoms with Gasteiger partial charge in [-0.15, -0.1) is 0 Å². The molecule has 1 aromatic heterocycles. The van der Waals surface area contributed by atoms with Crippen molar-refractivity contribution in [2.24, 2.45) is 7.05 Å². The van der Waals surface area contributed by atoms with E-state index in [-0.39, 0.29) is 23.4 Å². The molecular weight excluding hydrogens is 450 g/mol. The Hall–Kier alpha value is -4.66. The predicted molar refractivity (Wildman–Crippen MR) is 130 cm³/mol. The fraction of sp³-hybridized carbons (Fsp3) is 0.154. The number of nitrogens with one attached hydrogen (secondary N) is 1. The molecule has 2 N–H and O–H groups in total. The SMILES string of the molecule is COc1ccc(CNC(=O)c2ccc3c(c2)c(=O)n(Cc2ccc(C(=O)O)cc2)c(=O)n3C)cc1. The summed E-state index contributed by atoms with van der Waals surface area (Å²) in [5.41, 5.74) is 1.25. The highest BCUT2D eigenvalue weighted by Gasteiger charge is 2.15. The number of aromatic carboxylic acids is 1. The van der Waals surface area contributed by atoms with Gasteiger partial charge in [-0.05, 0) is 53.6 Å². The van der Waals surface area contributed by atoms with Crippen LogP contribution in [0, 0.1) is 0 Å². The van der Waals surface area contributed by atoms with E-state index in [1.54, 1.807) is 50.6 Å². The number of aryl methyl sites for hydroxylation is 1. The maximum atomic E-state index is 13.2. The van der Waals surface area contributed by atoms with E-state index in [0.29, 0.717) is 28.9 Å². The summed E-state index contributed by atoms with van der Waals surface area (Å²) in [5, 5.41) is 12.1. The molecule has 0 bridgehead atoms. The normalized spacial score (nSPS) is 10.8. The molecular formula is C26H23N3O6. The van der Waals surface area contributed by atoms with Crippen LogP contribution in [0.25, 0.3) is 10.9 Å². The first-order chi connectivity index (χ1) is 16.8. The molecule has 0 saturated heterocycles. The Bertz CT molecular complexity index is 1530. The predicted octanol–water partition coefficient (Wildman–Crippen LogP) is 2.39. The number of hydrogen-bond donors (Lipinski definition) is 2. The lowest BCUT2D eigenvalue weighted by Gasteiger charge is -2.12. The van der Waals surface area contributed by atoms with Gasteiger partial charge in [-0.1, -0.05) is 24.3 Å². The third-order valence-corrected chi connectivity index (χ3v) is 5.77. The molecule has 0 aliphatic carbocycles. The molecule has 0 radical (unpaired) electrons. The summed E-state index contributed by atoms with van der Waals surface area (Å²) in [4.78, 5) is 49.9. The second-order valence-electron chi connectivity index (χ2n) is 8.00. The molecule has 3 aromatic carbocycles. The summed E-state index contributed by atoms with van der Waals surface area (Å²) in [5.74, 6) is -0.700. The average molecular weight is 473 g/mol. The number of nitrogens with zero attached hydrogens (tertiary/aromatic N) is 2. The molecule has 4 rings (SSSR count). The summed E-state index contributed by atoms with van der Waals surface area (Å²) in [6, 6.07) is 17.9. The minimum atomic E-state index is -1.06. The molecule has 0 aliphatic heterocycles. The molecule has 0 aliphatic rings. The van der Waals surface area contributed by atoms with Gasteiger partial charge in [0.05, 0.1) is 30.1 Å². The number of carbonyl (C=O) groups excluding carboxylic acids is 1. The van der Waals surface area contributed by atoms with Crippen LogP contribution in [0.1, 0.15) is 31.8 Å². The van der Waals surface area contributed by atoms with Crippen molar-refractivity contribution >= 4 is 22.8 Å². The Kier molecular flexibility index (Phi) is 6.50. The molecule has 0 spiro atoms. The van der Waals surface area contributed by atoms with E-state index < -0.39 is 17.2 Å². The van der Waals surface area contributed by atoms with Crippen molar-refractivity contribution in [2.75, 3.05) is 7.11 Å². The number of amides is 1. The number of hydrogen-bond acceptors (Lipinski definition) is 5. The van der Waals surface area contributed by atoms with Crippen LogP contribution in [0.2, 0.25) is 0 Å². The maximum Gasteiger partial charge on any atom is 0.335 e. The average Bonchev–Trinajstić information content (AvgIpc) is 2.88. The van der Waals surface area contributed by atoms with Crippen molar-refractivity contribution in [1.82, 2.24) is 14.5 Å². The molecule has 1 amide bonds. The van der Waals surface area contributed by atoms with Crippen LogP contribution in [-0.2, 0) is 20.1 Å². The monoisotopic (exact) mass is 473 g/mol. The van der Waals surface area contributed by atoms with Crippen LogP contribution in [0.3, 0.4) is 0 Å². The van der Waals surface area contributed by atoms with E-state index in [1.165, 1.54) is 22.8 Å². The Labute approximate surface area is 199 Å². The van der Waals surface area contributed by atoms with Gasteiger partial charge in [0.2, 0.25) is 0 Å². The van der Waals surface area contributed by atoms with Crippen LogP contribution in [0.5, 0.6) is 5.75 Å². The van der Waals surface area contributed by atoms with Crippen LogP contribution in [0.4, 0.5) is 0 Å². The maximum absolute atomic E-state index is 13.2. The van der Waals surface area contributed by atoms with E-state index in [4.69, 9.17) is 9.84 Å². The minimum Gasteiger partial charge on any atom is -0.497 e. The van der Waals surface area contributed by atoms with Gasteiger partial charge < -0.3 is 15.2 Å². The van der Waals surface area contributed by atoms with Crippen molar-refractivity contribution in [3.05, 3.63) is 110 Å². The number of rotatable bonds is 7. The van der Waals surface area contributed by atoms with Crippen LogP contribution < -0.4 is 21.3 Å². The summed E-state index contributed by atoms with van der Waals surface area (Å²) in [6.07, 6.45) is 0. The van der Waals surface area contributed by atoms with Crippen molar-refractivity contribution in [3.63, 3.8) is 0 Å². The summed E-state index contributed by atoms with van der Waals surface area (Å²) in [6.45, 7) is 0.264. The highest BCUT2D eigenvalue weighted by molar-refractivity contribution is 5.97. The Morgan fingerprint density at radius 1 is 0.914 bits per heavy atom. The number of ether oxygens (including phenoxy) is 1. The van der Waals surface area contributed by atoms with E-state index in [2.05, 4.69) is 5.32 Å². The highest BCUT2D eigenvalue weighted by atomic mass is 16.5. The smallest absolute Gasteiger partial charge is 0.335 e. The van der Waals surface area contributed by atoms with Gasteiger partial charge in [0.15, 0.2) is 0 Å². The Morgan fingerprint density at radius 2 is 1.54 bits per heavy atom. The van der Waals surface area contributed by atoms with Gasteiger partial charge in [-0.25, -0.2) is 9.59 Å². The lowest BCUT2D eigenvalue weighted by Crippen LogP contribution is -2.39. The number of carboxylic acid groups (broad SMARTS) is 1. The summed E-state index contributed by atoms with van der Waals surface area (Å²) >= 11 is 0. The fourth-order valence-corrected chi connectivity index (χ4v) is 3.76. The van der Waals surface area contributed by atoms with Crippen molar-refractivity contribution in [2.45, 2.75) is 13.1 Å². The van der Waals surface area contributed by atoms with Crippen molar-refractivity contribution in [1.29, 1.82) is 0 Å². The number of aromatic nitrogens is 2.